The van der Waals surface area contributed by atoms with Gasteiger partial charge < -0.3 is 5.32 Å². The Morgan fingerprint density at radius 2 is 1.95 bits per heavy atom. The first-order valence-corrected chi connectivity index (χ1v) is 6.07. The molecule has 2 rings (SSSR count). The maximum Gasteiger partial charge on any atom is 0.416 e. The van der Waals surface area contributed by atoms with Crippen LogP contribution in [0.1, 0.15) is 25.5 Å². The molecule has 1 aromatic heterocycles. The van der Waals surface area contributed by atoms with Crippen LogP contribution < -0.4 is 11.0 Å². The Morgan fingerprint density at radius 3 is 2.45 bits per heavy atom. The van der Waals surface area contributed by atoms with Crippen LogP contribution in [0.2, 0.25) is 0 Å². The summed E-state index contributed by atoms with van der Waals surface area (Å²) in [6, 6.07) is 3.01. The normalized spacial score (nSPS) is 12.2. The van der Waals surface area contributed by atoms with Crippen LogP contribution in [0, 0.1) is 0 Å². The van der Waals surface area contributed by atoms with Crippen LogP contribution in [0.3, 0.4) is 0 Å². The summed E-state index contributed by atoms with van der Waals surface area (Å²) in [7, 11) is 1.57. The minimum absolute atomic E-state index is 0.221. The fourth-order valence-corrected chi connectivity index (χ4v) is 2.11. The van der Waals surface area contributed by atoms with Gasteiger partial charge >= 0.3 is 11.9 Å². The summed E-state index contributed by atoms with van der Waals surface area (Å²) in [4.78, 5) is 15.8. The molecular formula is C13H14F3N3O. The predicted molar refractivity (Wildman–Crippen MR) is 70.9 cm³/mol. The Balaban J connectivity index is 2.90. The zero-order valence-corrected chi connectivity index (χ0v) is 11.2. The van der Waals surface area contributed by atoms with E-state index in [0.717, 1.165) is 12.1 Å². The maximum absolute atomic E-state index is 12.8. The van der Waals surface area contributed by atoms with Gasteiger partial charge in [-0.05, 0) is 32.0 Å². The summed E-state index contributed by atoms with van der Waals surface area (Å²) in [6.07, 6.45) is -4.45. The molecule has 0 unspecified atom stereocenters. The first-order chi connectivity index (χ1) is 9.25. The number of anilines is 1. The molecule has 0 saturated carbocycles. The van der Waals surface area contributed by atoms with E-state index in [1.165, 1.54) is 10.6 Å². The molecule has 1 aromatic carbocycles. The molecule has 0 atom stereocenters. The van der Waals surface area contributed by atoms with Crippen molar-refractivity contribution in [2.75, 3.05) is 12.4 Å². The van der Waals surface area contributed by atoms with Crippen molar-refractivity contribution in [1.29, 1.82) is 0 Å². The lowest BCUT2D eigenvalue weighted by Gasteiger charge is -2.16. The van der Waals surface area contributed by atoms with Gasteiger partial charge in [-0.15, -0.1) is 0 Å². The van der Waals surface area contributed by atoms with Gasteiger partial charge in [-0.25, -0.2) is 4.79 Å². The van der Waals surface area contributed by atoms with Gasteiger partial charge in [-0.1, -0.05) is 0 Å². The van der Waals surface area contributed by atoms with Crippen LogP contribution >= 0.6 is 0 Å². The smallest absolute Gasteiger partial charge is 0.372 e. The number of hydrogen-bond acceptors (Lipinski definition) is 3. The highest BCUT2D eigenvalue weighted by atomic mass is 19.4. The van der Waals surface area contributed by atoms with E-state index in [-0.39, 0.29) is 17.4 Å². The number of aromatic nitrogens is 2. The Kier molecular flexibility index (Phi) is 3.45. The van der Waals surface area contributed by atoms with Gasteiger partial charge in [-0.3, -0.25) is 4.57 Å². The van der Waals surface area contributed by atoms with Gasteiger partial charge in [0.15, 0.2) is 0 Å². The zero-order valence-electron chi connectivity index (χ0n) is 11.2. The molecule has 1 heterocycles. The first-order valence-electron chi connectivity index (χ1n) is 6.07. The van der Waals surface area contributed by atoms with Crippen molar-refractivity contribution in [3.05, 3.63) is 34.2 Å². The lowest BCUT2D eigenvalue weighted by molar-refractivity contribution is -0.137. The molecule has 0 bridgehead atoms. The summed E-state index contributed by atoms with van der Waals surface area (Å²) in [5.41, 5.74) is -1.14. The molecule has 0 fully saturated rings. The number of nitrogens with one attached hydrogen (secondary N) is 1. The van der Waals surface area contributed by atoms with Crippen LogP contribution in [-0.2, 0) is 6.18 Å². The van der Waals surface area contributed by atoms with Gasteiger partial charge in [0, 0.05) is 18.5 Å². The Morgan fingerprint density at radius 1 is 1.30 bits per heavy atom. The fraction of sp³-hybridized carbons (Fsp3) is 0.385. The number of hydrogen-bond donors (Lipinski definition) is 1. The maximum atomic E-state index is 12.8. The van der Waals surface area contributed by atoms with Gasteiger partial charge in [0.25, 0.3) is 0 Å². The van der Waals surface area contributed by atoms with E-state index in [1.807, 2.05) is 0 Å². The van der Waals surface area contributed by atoms with Crippen LogP contribution in [-0.4, -0.2) is 16.6 Å². The SMILES string of the molecule is CNc1nc(=O)n(C(C)C)c2cc(C(F)(F)F)ccc12. The highest BCUT2D eigenvalue weighted by Crippen LogP contribution is 2.32. The molecule has 0 spiro atoms. The third kappa shape index (κ3) is 2.35. The number of alkyl halides is 3. The largest absolute Gasteiger partial charge is 0.416 e. The summed E-state index contributed by atoms with van der Waals surface area (Å²) in [6.45, 7) is 3.45. The van der Waals surface area contributed by atoms with E-state index in [2.05, 4.69) is 10.3 Å². The predicted octanol–water partition coefficient (Wildman–Crippen LogP) is 3.04. The second kappa shape index (κ2) is 4.81. The Hall–Kier alpha value is -2.05. The van der Waals surface area contributed by atoms with Crippen molar-refractivity contribution < 1.29 is 13.2 Å². The van der Waals surface area contributed by atoms with Crippen LogP contribution in [0.4, 0.5) is 19.0 Å². The van der Waals surface area contributed by atoms with Crippen molar-refractivity contribution >= 4 is 16.7 Å². The van der Waals surface area contributed by atoms with E-state index >= 15 is 0 Å². The fourth-order valence-electron chi connectivity index (χ4n) is 2.11. The van der Waals surface area contributed by atoms with Crippen LogP contribution in [0.5, 0.6) is 0 Å². The molecule has 0 aliphatic heterocycles. The molecule has 0 amide bonds. The third-order valence-corrected chi connectivity index (χ3v) is 3.01. The van der Waals surface area contributed by atoms with Gasteiger partial charge in [0.1, 0.15) is 5.82 Å². The van der Waals surface area contributed by atoms with E-state index in [9.17, 15) is 18.0 Å². The van der Waals surface area contributed by atoms with E-state index in [1.54, 1.807) is 20.9 Å². The Bertz CT molecular complexity index is 704. The minimum atomic E-state index is -4.45. The summed E-state index contributed by atoms with van der Waals surface area (Å²) in [5, 5.41) is 3.21. The van der Waals surface area contributed by atoms with Crippen molar-refractivity contribution in [2.45, 2.75) is 26.1 Å². The van der Waals surface area contributed by atoms with Crippen LogP contribution in [0.15, 0.2) is 23.0 Å². The third-order valence-electron chi connectivity index (χ3n) is 3.01. The van der Waals surface area contributed by atoms with Crippen molar-refractivity contribution in [3.63, 3.8) is 0 Å². The Labute approximate surface area is 113 Å². The molecule has 20 heavy (non-hydrogen) atoms. The summed E-state index contributed by atoms with van der Waals surface area (Å²) in [5.74, 6) is 0.274. The first kappa shape index (κ1) is 14.4. The number of nitrogens with zero attached hydrogens (tertiary/aromatic N) is 2. The molecule has 4 nitrogen and oxygen atoms in total. The molecule has 108 valence electrons. The van der Waals surface area contributed by atoms with E-state index in [4.69, 9.17) is 0 Å². The lowest BCUT2D eigenvalue weighted by atomic mass is 10.1. The zero-order chi connectivity index (χ0) is 15.1. The standard InChI is InChI=1S/C13H14F3N3O/c1-7(2)19-10-6-8(13(14,15)16)4-5-9(10)11(17-3)18-12(19)20/h4-7H,1-3H3,(H,17,18,20). The molecule has 0 aliphatic carbocycles. The average Bonchev–Trinajstić information content (AvgIpc) is 2.35. The lowest BCUT2D eigenvalue weighted by Crippen LogP contribution is -2.26. The molecule has 0 saturated heterocycles. The highest BCUT2D eigenvalue weighted by molar-refractivity contribution is 5.89. The number of benzene rings is 1. The van der Waals surface area contributed by atoms with Crippen molar-refractivity contribution in [1.82, 2.24) is 9.55 Å². The molecule has 0 radical (unpaired) electrons. The molecule has 0 aliphatic rings. The molecular weight excluding hydrogens is 271 g/mol. The summed E-state index contributed by atoms with van der Waals surface area (Å²) >= 11 is 0. The number of rotatable bonds is 2. The summed E-state index contributed by atoms with van der Waals surface area (Å²) < 4.78 is 39.7. The van der Waals surface area contributed by atoms with E-state index < -0.39 is 17.4 Å². The van der Waals surface area contributed by atoms with Crippen LogP contribution in [0.25, 0.3) is 10.9 Å². The van der Waals surface area contributed by atoms with Crippen molar-refractivity contribution in [3.8, 4) is 0 Å². The number of fused-ring (bicyclic) bond motifs is 1. The van der Waals surface area contributed by atoms with Gasteiger partial charge in [0.05, 0.1) is 11.1 Å². The second-order valence-electron chi connectivity index (χ2n) is 4.69. The number of halogens is 3. The molecule has 7 heteroatoms. The quantitative estimate of drug-likeness (QED) is 0.922. The van der Waals surface area contributed by atoms with Crippen molar-refractivity contribution in [2.24, 2.45) is 0 Å². The average molecular weight is 285 g/mol. The molecule has 2 aromatic rings. The monoisotopic (exact) mass is 285 g/mol. The van der Waals surface area contributed by atoms with Gasteiger partial charge in [0.2, 0.25) is 0 Å². The highest BCUT2D eigenvalue weighted by Gasteiger charge is 2.31. The van der Waals surface area contributed by atoms with E-state index in [0.29, 0.717) is 5.39 Å². The minimum Gasteiger partial charge on any atom is -0.372 e. The second-order valence-corrected chi connectivity index (χ2v) is 4.69. The topological polar surface area (TPSA) is 46.9 Å². The molecule has 1 N–H and O–H groups in total. The van der Waals surface area contributed by atoms with Gasteiger partial charge in [-0.2, -0.15) is 18.2 Å².